The largest absolute Gasteiger partial charge is 0.324 e. The molecule has 1 amide bonds. The van der Waals surface area contributed by atoms with Gasteiger partial charge in [0.15, 0.2) is 11.0 Å². The monoisotopic (exact) mass is 530 g/mol. The summed E-state index contributed by atoms with van der Waals surface area (Å²) in [6, 6.07) is 20.7. The topological polar surface area (TPSA) is 59.8 Å². The first kappa shape index (κ1) is 24.6. The third kappa shape index (κ3) is 5.41. The number of nitrogens with zero attached hydrogens (tertiary/aromatic N) is 3. The summed E-state index contributed by atoms with van der Waals surface area (Å²) in [5, 5.41) is 13.6. The van der Waals surface area contributed by atoms with Crippen molar-refractivity contribution in [2.24, 2.45) is 0 Å². The van der Waals surface area contributed by atoms with Crippen LogP contribution in [-0.4, -0.2) is 26.4 Å². The Kier molecular flexibility index (Phi) is 7.84. The summed E-state index contributed by atoms with van der Waals surface area (Å²) in [4.78, 5) is 12.7. The van der Waals surface area contributed by atoms with E-state index in [0.717, 1.165) is 16.8 Å². The van der Waals surface area contributed by atoms with Crippen LogP contribution in [0.1, 0.15) is 25.3 Å². The molecule has 1 heterocycles. The average molecular weight is 532 g/mol. The Hall–Kier alpha value is -2.51. The summed E-state index contributed by atoms with van der Waals surface area (Å²) in [7, 11) is 0. The van der Waals surface area contributed by atoms with Gasteiger partial charge in [-0.3, -0.25) is 9.36 Å². The van der Waals surface area contributed by atoms with Crippen LogP contribution < -0.4 is 5.32 Å². The van der Waals surface area contributed by atoms with Crippen LogP contribution >= 0.6 is 46.6 Å². The minimum atomic E-state index is -0.228. The SMILES string of the molecule is CC(C)c1ccccc1-n1c(SCC(=O)Nc2cccc(Cl)c2Cl)nnc1-c1ccc(Cl)cc1. The van der Waals surface area contributed by atoms with Crippen molar-refractivity contribution in [3.63, 3.8) is 0 Å². The van der Waals surface area contributed by atoms with Gasteiger partial charge < -0.3 is 5.32 Å². The van der Waals surface area contributed by atoms with Crippen molar-refractivity contribution in [2.45, 2.75) is 24.9 Å². The van der Waals surface area contributed by atoms with E-state index in [0.29, 0.717) is 31.7 Å². The first-order chi connectivity index (χ1) is 16.3. The average Bonchev–Trinajstić information content (AvgIpc) is 3.25. The fraction of sp³-hybridized carbons (Fsp3) is 0.160. The lowest BCUT2D eigenvalue weighted by molar-refractivity contribution is -0.113. The Labute approximate surface area is 217 Å². The molecule has 5 nitrogen and oxygen atoms in total. The molecule has 34 heavy (non-hydrogen) atoms. The van der Waals surface area contributed by atoms with Crippen LogP contribution in [0.2, 0.25) is 15.1 Å². The molecule has 0 saturated heterocycles. The number of rotatable bonds is 7. The van der Waals surface area contributed by atoms with E-state index in [1.807, 2.05) is 47.0 Å². The molecule has 0 saturated carbocycles. The molecule has 4 rings (SSSR count). The summed E-state index contributed by atoms with van der Waals surface area (Å²) in [5.74, 6) is 0.841. The van der Waals surface area contributed by atoms with Crippen molar-refractivity contribution in [1.82, 2.24) is 14.8 Å². The highest BCUT2D eigenvalue weighted by molar-refractivity contribution is 7.99. The molecule has 0 aliphatic heterocycles. The van der Waals surface area contributed by atoms with E-state index in [9.17, 15) is 4.79 Å². The van der Waals surface area contributed by atoms with E-state index in [1.165, 1.54) is 11.8 Å². The number of carbonyl (C=O) groups excluding carboxylic acids is 1. The fourth-order valence-electron chi connectivity index (χ4n) is 3.46. The zero-order chi connectivity index (χ0) is 24.2. The molecule has 3 aromatic carbocycles. The molecule has 4 aromatic rings. The highest BCUT2D eigenvalue weighted by atomic mass is 35.5. The predicted octanol–water partition coefficient (Wildman–Crippen LogP) is 7.75. The fourth-order valence-corrected chi connectivity index (χ4v) is 4.68. The Morgan fingerprint density at radius 2 is 1.71 bits per heavy atom. The molecular weight excluding hydrogens is 511 g/mol. The van der Waals surface area contributed by atoms with E-state index < -0.39 is 0 Å². The van der Waals surface area contributed by atoms with Crippen molar-refractivity contribution in [3.8, 4) is 17.1 Å². The van der Waals surface area contributed by atoms with Crippen LogP contribution in [-0.2, 0) is 4.79 Å². The number of thioether (sulfide) groups is 1. The van der Waals surface area contributed by atoms with E-state index in [4.69, 9.17) is 34.8 Å². The molecule has 0 unspecified atom stereocenters. The lowest BCUT2D eigenvalue weighted by atomic mass is 10.0. The lowest BCUT2D eigenvalue weighted by Crippen LogP contribution is -2.15. The van der Waals surface area contributed by atoms with Crippen LogP contribution in [0.25, 0.3) is 17.1 Å². The molecule has 0 fully saturated rings. The third-order valence-electron chi connectivity index (χ3n) is 5.09. The molecule has 9 heteroatoms. The number of hydrogen-bond acceptors (Lipinski definition) is 4. The van der Waals surface area contributed by atoms with Gasteiger partial charge in [0.25, 0.3) is 0 Å². The Morgan fingerprint density at radius 3 is 2.44 bits per heavy atom. The summed E-state index contributed by atoms with van der Waals surface area (Å²) < 4.78 is 1.99. The number of para-hydroxylation sites is 1. The van der Waals surface area contributed by atoms with Crippen LogP contribution in [0.4, 0.5) is 5.69 Å². The van der Waals surface area contributed by atoms with E-state index in [1.54, 1.807) is 18.2 Å². The number of hydrogen-bond donors (Lipinski definition) is 1. The van der Waals surface area contributed by atoms with Crippen molar-refractivity contribution in [1.29, 1.82) is 0 Å². The van der Waals surface area contributed by atoms with Gasteiger partial charge in [-0.25, -0.2) is 0 Å². The Balaban J connectivity index is 1.67. The van der Waals surface area contributed by atoms with Gasteiger partial charge in [0.05, 0.1) is 27.2 Å². The molecule has 0 aliphatic rings. The van der Waals surface area contributed by atoms with Gasteiger partial charge in [-0.05, 0) is 53.9 Å². The van der Waals surface area contributed by atoms with Crippen LogP contribution in [0.3, 0.4) is 0 Å². The number of aromatic nitrogens is 3. The summed E-state index contributed by atoms with van der Waals surface area (Å²) >= 11 is 19.6. The van der Waals surface area contributed by atoms with Crippen LogP contribution in [0.5, 0.6) is 0 Å². The van der Waals surface area contributed by atoms with Crippen molar-refractivity contribution < 1.29 is 4.79 Å². The van der Waals surface area contributed by atoms with Gasteiger partial charge in [-0.15, -0.1) is 10.2 Å². The zero-order valence-corrected chi connectivity index (χ0v) is 21.5. The molecule has 0 radical (unpaired) electrons. The number of benzene rings is 3. The first-order valence-electron chi connectivity index (χ1n) is 10.5. The second kappa shape index (κ2) is 10.8. The van der Waals surface area contributed by atoms with E-state index in [-0.39, 0.29) is 17.6 Å². The van der Waals surface area contributed by atoms with Gasteiger partial charge in [0.2, 0.25) is 5.91 Å². The van der Waals surface area contributed by atoms with Gasteiger partial charge in [0.1, 0.15) is 0 Å². The summed E-state index contributed by atoms with van der Waals surface area (Å²) in [6.45, 7) is 4.28. The van der Waals surface area contributed by atoms with E-state index >= 15 is 0 Å². The minimum Gasteiger partial charge on any atom is -0.324 e. The van der Waals surface area contributed by atoms with E-state index in [2.05, 4.69) is 35.4 Å². The maximum absolute atomic E-state index is 12.7. The van der Waals surface area contributed by atoms with Crippen molar-refractivity contribution >= 4 is 58.2 Å². The second-order valence-electron chi connectivity index (χ2n) is 7.80. The first-order valence-corrected chi connectivity index (χ1v) is 12.6. The number of halogens is 3. The van der Waals surface area contributed by atoms with Crippen molar-refractivity contribution in [3.05, 3.63) is 87.4 Å². The highest BCUT2D eigenvalue weighted by Crippen LogP contribution is 2.33. The zero-order valence-electron chi connectivity index (χ0n) is 18.4. The minimum absolute atomic E-state index is 0.117. The number of anilines is 1. The van der Waals surface area contributed by atoms with Crippen LogP contribution in [0.15, 0.2) is 71.9 Å². The normalized spacial score (nSPS) is 11.1. The Morgan fingerprint density at radius 1 is 0.971 bits per heavy atom. The van der Waals surface area contributed by atoms with Gasteiger partial charge in [-0.1, -0.05) is 84.7 Å². The number of nitrogens with one attached hydrogen (secondary N) is 1. The Bertz CT molecular complexity index is 1320. The molecule has 1 aromatic heterocycles. The summed E-state index contributed by atoms with van der Waals surface area (Å²) in [6.07, 6.45) is 0. The smallest absolute Gasteiger partial charge is 0.234 e. The van der Waals surface area contributed by atoms with Gasteiger partial charge in [0, 0.05) is 10.6 Å². The van der Waals surface area contributed by atoms with Gasteiger partial charge >= 0.3 is 0 Å². The maximum atomic E-state index is 12.7. The molecule has 0 spiro atoms. The molecule has 0 bridgehead atoms. The predicted molar refractivity (Wildman–Crippen MR) is 142 cm³/mol. The molecule has 0 aliphatic carbocycles. The number of amides is 1. The highest BCUT2D eigenvalue weighted by Gasteiger charge is 2.20. The molecular formula is C25H21Cl3N4OS. The molecule has 0 atom stereocenters. The lowest BCUT2D eigenvalue weighted by Gasteiger charge is -2.17. The second-order valence-corrected chi connectivity index (χ2v) is 9.96. The third-order valence-corrected chi connectivity index (χ3v) is 7.09. The summed E-state index contributed by atoms with van der Waals surface area (Å²) in [5.41, 5.74) is 3.45. The van der Waals surface area contributed by atoms with Crippen molar-refractivity contribution in [2.75, 3.05) is 11.1 Å². The van der Waals surface area contributed by atoms with Gasteiger partial charge in [-0.2, -0.15) is 0 Å². The molecule has 1 N–H and O–H groups in total. The van der Waals surface area contributed by atoms with Crippen LogP contribution in [0, 0.1) is 0 Å². The standard InChI is InChI=1S/C25H21Cl3N4OS/c1-15(2)18-6-3-4-9-21(18)32-24(16-10-12-17(26)13-11-16)30-31-25(32)34-14-22(33)29-20-8-5-7-19(27)23(20)28/h3-13,15H,14H2,1-2H3,(H,29,33). The quantitative estimate of drug-likeness (QED) is 0.248. The maximum Gasteiger partial charge on any atom is 0.234 e. The number of carbonyl (C=O) groups is 1. The molecule has 174 valence electrons.